The van der Waals surface area contributed by atoms with Crippen molar-refractivity contribution in [3.63, 3.8) is 0 Å². The number of hydrogen-bond donors (Lipinski definition) is 0. The van der Waals surface area contributed by atoms with Crippen LogP contribution in [0.15, 0.2) is 0 Å². The zero-order valence-electron chi connectivity index (χ0n) is 13.9. The maximum atomic E-state index is 12.0. The highest BCUT2D eigenvalue weighted by atomic mass is 28.4. The summed E-state index contributed by atoms with van der Waals surface area (Å²) in [5.74, 6) is -0.228. The first-order valence-corrected chi connectivity index (χ1v) is 9.91. The van der Waals surface area contributed by atoms with Crippen molar-refractivity contribution in [2.75, 3.05) is 27.2 Å². The summed E-state index contributed by atoms with van der Waals surface area (Å²) in [5.41, 5.74) is 0. The van der Waals surface area contributed by atoms with E-state index in [1.165, 1.54) is 0 Å². The molecule has 0 saturated carbocycles. The first kappa shape index (κ1) is 18.6. The summed E-state index contributed by atoms with van der Waals surface area (Å²) >= 11 is 0. The van der Waals surface area contributed by atoms with Crippen molar-refractivity contribution >= 4 is 14.3 Å². The zero-order valence-corrected chi connectivity index (χ0v) is 14.9. The fourth-order valence-corrected chi connectivity index (χ4v) is 2.65. The van der Waals surface area contributed by atoms with Crippen LogP contribution in [0.2, 0.25) is 18.1 Å². The lowest BCUT2D eigenvalue weighted by atomic mass is 10.2. The van der Waals surface area contributed by atoms with Gasteiger partial charge in [0.2, 0.25) is 0 Å². The van der Waals surface area contributed by atoms with Crippen molar-refractivity contribution in [3.8, 4) is 0 Å². The molecule has 0 spiro atoms. The lowest BCUT2D eigenvalue weighted by molar-refractivity contribution is -0.152. The van der Waals surface area contributed by atoms with E-state index >= 15 is 0 Å². The van der Waals surface area contributed by atoms with Crippen LogP contribution in [0.4, 0.5) is 0 Å². The number of hydrogen-bond acceptors (Lipinski definition) is 4. The van der Waals surface area contributed by atoms with Gasteiger partial charge in [0.15, 0.2) is 8.32 Å². The van der Waals surface area contributed by atoms with E-state index in [0.717, 1.165) is 6.54 Å². The first-order chi connectivity index (χ1) is 8.51. The molecule has 19 heavy (non-hydrogen) atoms. The molecule has 0 aliphatic carbocycles. The molecule has 0 saturated heterocycles. The molecule has 0 N–H and O–H groups in total. The number of rotatable bonds is 7. The maximum absolute atomic E-state index is 12.0. The van der Waals surface area contributed by atoms with Gasteiger partial charge in [-0.15, -0.1) is 0 Å². The summed E-state index contributed by atoms with van der Waals surface area (Å²) in [5, 5.41) is 0.0931. The average Bonchev–Trinajstić information content (AvgIpc) is 2.22. The van der Waals surface area contributed by atoms with Crippen LogP contribution in [0.1, 0.15) is 34.1 Å². The normalized spacial score (nSPS) is 14.6. The number of ether oxygens (including phenoxy) is 1. The molecular weight excluding hydrogens is 258 g/mol. The summed E-state index contributed by atoms with van der Waals surface area (Å²) in [4.78, 5) is 14.1. The van der Waals surface area contributed by atoms with Gasteiger partial charge >= 0.3 is 5.97 Å². The van der Waals surface area contributed by atoms with Crippen LogP contribution in [0, 0.1) is 0 Å². The predicted octanol–water partition coefficient (Wildman–Crippen LogP) is 2.89. The van der Waals surface area contributed by atoms with Crippen molar-refractivity contribution in [1.29, 1.82) is 0 Å². The Bertz CT molecular complexity index is 285. The van der Waals surface area contributed by atoms with Crippen LogP contribution in [-0.2, 0) is 14.0 Å². The topological polar surface area (TPSA) is 38.8 Å². The monoisotopic (exact) mass is 289 g/mol. The van der Waals surface area contributed by atoms with Crippen LogP contribution in [0.3, 0.4) is 0 Å². The largest absolute Gasteiger partial charge is 0.464 e. The molecule has 0 amide bonds. The Balaban J connectivity index is 4.79. The molecule has 0 bridgehead atoms. The summed E-state index contributed by atoms with van der Waals surface area (Å²) in [6.45, 7) is 13.9. The molecule has 0 aliphatic heterocycles. The van der Waals surface area contributed by atoms with Crippen molar-refractivity contribution < 1.29 is 14.0 Å². The van der Waals surface area contributed by atoms with Gasteiger partial charge in [0, 0.05) is 6.54 Å². The molecule has 0 aromatic carbocycles. The zero-order chi connectivity index (χ0) is 15.3. The molecule has 4 nitrogen and oxygen atoms in total. The SMILES string of the molecule is CCOC(=O)C(CCN(C)C)O[Si](C)(C)C(C)(C)C. The highest BCUT2D eigenvalue weighted by Crippen LogP contribution is 2.37. The average molecular weight is 289 g/mol. The Hall–Kier alpha value is -0.393. The van der Waals surface area contributed by atoms with E-state index in [1.807, 2.05) is 21.0 Å². The lowest BCUT2D eigenvalue weighted by Gasteiger charge is -2.38. The Morgan fingerprint density at radius 3 is 2.16 bits per heavy atom. The smallest absolute Gasteiger partial charge is 0.334 e. The van der Waals surface area contributed by atoms with E-state index in [4.69, 9.17) is 9.16 Å². The van der Waals surface area contributed by atoms with Crippen molar-refractivity contribution in [2.24, 2.45) is 0 Å². The van der Waals surface area contributed by atoms with Gasteiger partial charge < -0.3 is 14.1 Å². The van der Waals surface area contributed by atoms with Gasteiger partial charge in [-0.1, -0.05) is 20.8 Å². The quantitative estimate of drug-likeness (QED) is 0.533. The number of esters is 1. The van der Waals surface area contributed by atoms with Gasteiger partial charge in [-0.3, -0.25) is 0 Å². The minimum absolute atomic E-state index is 0.0931. The first-order valence-electron chi connectivity index (χ1n) is 7.00. The molecule has 0 rings (SSSR count). The molecule has 0 aromatic rings. The second-order valence-corrected chi connectivity index (χ2v) is 11.5. The molecule has 0 aromatic heterocycles. The molecular formula is C14H31NO3Si. The maximum Gasteiger partial charge on any atom is 0.334 e. The highest BCUT2D eigenvalue weighted by molar-refractivity contribution is 6.74. The Morgan fingerprint density at radius 2 is 1.79 bits per heavy atom. The Morgan fingerprint density at radius 1 is 1.26 bits per heavy atom. The van der Waals surface area contributed by atoms with Crippen LogP contribution in [0.5, 0.6) is 0 Å². The van der Waals surface area contributed by atoms with Gasteiger partial charge in [0.25, 0.3) is 0 Å². The molecule has 1 atom stereocenters. The number of nitrogens with zero attached hydrogens (tertiary/aromatic N) is 1. The van der Waals surface area contributed by atoms with Gasteiger partial charge in [-0.05, 0) is 45.6 Å². The summed E-state index contributed by atoms with van der Waals surface area (Å²) in [6, 6.07) is 0. The van der Waals surface area contributed by atoms with Gasteiger partial charge in [-0.2, -0.15) is 0 Å². The Labute approximate surface area is 119 Å². The van der Waals surface area contributed by atoms with E-state index in [2.05, 4.69) is 38.8 Å². The van der Waals surface area contributed by atoms with Gasteiger partial charge in [0.05, 0.1) is 6.61 Å². The molecule has 5 heteroatoms. The Kier molecular flexibility index (Phi) is 7.25. The van der Waals surface area contributed by atoms with Crippen molar-refractivity contribution in [1.82, 2.24) is 4.90 Å². The van der Waals surface area contributed by atoms with Crippen LogP contribution in [0.25, 0.3) is 0 Å². The molecule has 0 aliphatic rings. The molecule has 114 valence electrons. The van der Waals surface area contributed by atoms with E-state index in [0.29, 0.717) is 13.0 Å². The molecule has 1 unspecified atom stereocenters. The van der Waals surface area contributed by atoms with E-state index < -0.39 is 14.4 Å². The minimum Gasteiger partial charge on any atom is -0.464 e. The highest BCUT2D eigenvalue weighted by Gasteiger charge is 2.40. The predicted molar refractivity (Wildman–Crippen MR) is 81.9 cm³/mol. The van der Waals surface area contributed by atoms with Gasteiger partial charge in [0.1, 0.15) is 6.10 Å². The molecule has 0 radical (unpaired) electrons. The summed E-state index contributed by atoms with van der Waals surface area (Å²) in [7, 11) is 2.04. The second kappa shape index (κ2) is 7.41. The van der Waals surface area contributed by atoms with Gasteiger partial charge in [-0.25, -0.2) is 4.79 Å². The van der Waals surface area contributed by atoms with Crippen molar-refractivity contribution in [3.05, 3.63) is 0 Å². The van der Waals surface area contributed by atoms with E-state index in [1.54, 1.807) is 0 Å². The third-order valence-electron chi connectivity index (χ3n) is 3.63. The molecule has 0 heterocycles. The van der Waals surface area contributed by atoms with Crippen LogP contribution < -0.4 is 0 Å². The fraction of sp³-hybridized carbons (Fsp3) is 0.929. The fourth-order valence-electron chi connectivity index (χ4n) is 1.37. The standard InChI is InChI=1S/C14H31NO3Si/c1-9-17-13(16)12(10-11-15(5)6)18-19(7,8)14(2,3)4/h12H,9-11H2,1-8H3. The molecule has 0 fully saturated rings. The van der Waals surface area contributed by atoms with Crippen molar-refractivity contribution in [2.45, 2.75) is 58.4 Å². The van der Waals surface area contributed by atoms with E-state index in [9.17, 15) is 4.79 Å². The summed E-state index contributed by atoms with van der Waals surface area (Å²) in [6.07, 6.45) is 0.237. The number of carbonyl (C=O) groups excluding carboxylic acids is 1. The second-order valence-electron chi connectivity index (χ2n) is 6.71. The summed E-state index contributed by atoms with van der Waals surface area (Å²) < 4.78 is 11.3. The number of carbonyl (C=O) groups is 1. The van der Waals surface area contributed by atoms with Crippen LogP contribution >= 0.6 is 0 Å². The minimum atomic E-state index is -1.95. The van der Waals surface area contributed by atoms with Crippen LogP contribution in [-0.4, -0.2) is 52.5 Å². The lowest BCUT2D eigenvalue weighted by Crippen LogP contribution is -2.47. The third kappa shape index (κ3) is 6.54. The van der Waals surface area contributed by atoms with E-state index in [-0.39, 0.29) is 11.0 Å². The third-order valence-corrected chi connectivity index (χ3v) is 8.12.